The van der Waals surface area contributed by atoms with Gasteiger partial charge in [0.15, 0.2) is 0 Å². The number of rotatable bonds is 11. The second kappa shape index (κ2) is 13.3. The molecule has 3 aromatic carbocycles. The number of unbranched alkanes of at least 4 members (excludes halogenated alkanes) is 1. The summed E-state index contributed by atoms with van der Waals surface area (Å²) in [6, 6.07) is 28.0. The molecule has 1 radical (unpaired) electrons. The molecule has 0 aliphatic heterocycles. The lowest BCUT2D eigenvalue weighted by Crippen LogP contribution is -2.12. The molecule has 1 unspecified atom stereocenters. The third-order valence-corrected chi connectivity index (χ3v) is 8.17. The van der Waals surface area contributed by atoms with Gasteiger partial charge in [-0.1, -0.05) is 135 Å². The van der Waals surface area contributed by atoms with E-state index in [1.54, 1.807) is 0 Å². The summed E-state index contributed by atoms with van der Waals surface area (Å²) in [6.07, 6.45) is 11.0. The summed E-state index contributed by atoms with van der Waals surface area (Å²) in [7, 11) is 0. The lowest BCUT2D eigenvalue weighted by Gasteiger charge is -2.21. The Balaban J connectivity index is 1.56. The van der Waals surface area contributed by atoms with Crippen molar-refractivity contribution in [2.24, 2.45) is 5.92 Å². The van der Waals surface area contributed by atoms with Crippen molar-refractivity contribution in [2.45, 2.75) is 124 Å². The lowest BCUT2D eigenvalue weighted by molar-refractivity contribution is 0.503. The average Bonchev–Trinajstić information content (AvgIpc) is 2.86. The fourth-order valence-electron chi connectivity index (χ4n) is 5.32. The predicted molar refractivity (Wildman–Crippen MR) is 173 cm³/mol. The van der Waals surface area contributed by atoms with E-state index < -0.39 is 0 Å². The first-order valence-electron chi connectivity index (χ1n) is 15.3. The largest absolute Gasteiger partial charge is 0.0588 e. The molecule has 0 heterocycles. The van der Waals surface area contributed by atoms with Gasteiger partial charge in [-0.25, -0.2) is 0 Å². The van der Waals surface area contributed by atoms with Crippen LogP contribution >= 0.6 is 0 Å². The molecule has 0 aromatic heterocycles. The Morgan fingerprint density at radius 2 is 0.846 bits per heavy atom. The molecule has 3 aromatic rings. The molecule has 0 N–H and O–H groups in total. The minimum Gasteiger partial charge on any atom is -0.0588 e. The van der Waals surface area contributed by atoms with Gasteiger partial charge >= 0.3 is 0 Å². The summed E-state index contributed by atoms with van der Waals surface area (Å²) in [4.78, 5) is 0. The maximum Gasteiger partial charge on any atom is -0.0132 e. The molecule has 0 aliphatic rings. The van der Waals surface area contributed by atoms with Gasteiger partial charge in [-0.2, -0.15) is 0 Å². The van der Waals surface area contributed by atoms with E-state index in [1.807, 2.05) is 0 Å². The van der Waals surface area contributed by atoms with Crippen molar-refractivity contribution in [3.8, 4) is 0 Å². The zero-order valence-electron chi connectivity index (χ0n) is 26.5. The summed E-state index contributed by atoms with van der Waals surface area (Å²) >= 11 is 0. The zero-order chi connectivity index (χ0) is 28.7. The highest BCUT2D eigenvalue weighted by molar-refractivity contribution is 5.30. The number of aryl methyl sites for hydroxylation is 2. The molecule has 0 heteroatoms. The maximum absolute atomic E-state index is 2.63. The van der Waals surface area contributed by atoms with E-state index in [9.17, 15) is 0 Å². The molecule has 0 aliphatic carbocycles. The van der Waals surface area contributed by atoms with Crippen LogP contribution in [-0.4, -0.2) is 0 Å². The summed E-state index contributed by atoms with van der Waals surface area (Å²) in [5, 5.41) is 0. The second-order valence-corrected chi connectivity index (χ2v) is 14.8. The van der Waals surface area contributed by atoms with E-state index >= 15 is 0 Å². The molecule has 0 spiro atoms. The quantitative estimate of drug-likeness (QED) is 0.219. The fourth-order valence-corrected chi connectivity index (χ4v) is 5.32. The highest BCUT2D eigenvalue weighted by Crippen LogP contribution is 2.27. The summed E-state index contributed by atoms with van der Waals surface area (Å²) in [5.74, 6) is 0.627. The van der Waals surface area contributed by atoms with Gasteiger partial charge in [0.2, 0.25) is 0 Å². The second-order valence-electron chi connectivity index (χ2n) is 14.8. The molecule has 39 heavy (non-hydrogen) atoms. The number of benzene rings is 3. The van der Waals surface area contributed by atoms with Crippen LogP contribution in [0.5, 0.6) is 0 Å². The van der Waals surface area contributed by atoms with Crippen LogP contribution in [-0.2, 0) is 35.5 Å². The Bertz CT molecular complexity index is 1110. The van der Waals surface area contributed by atoms with Gasteiger partial charge in [-0.3, -0.25) is 0 Å². The van der Waals surface area contributed by atoms with Gasteiger partial charge in [0.1, 0.15) is 0 Å². The van der Waals surface area contributed by atoms with Crippen molar-refractivity contribution >= 4 is 0 Å². The van der Waals surface area contributed by atoms with Crippen molar-refractivity contribution in [3.05, 3.63) is 113 Å². The Morgan fingerprint density at radius 1 is 0.487 bits per heavy atom. The normalized spacial score (nSPS) is 13.5. The molecule has 0 bridgehead atoms. The van der Waals surface area contributed by atoms with Gasteiger partial charge in [0.25, 0.3) is 0 Å². The van der Waals surface area contributed by atoms with Crippen LogP contribution in [0.4, 0.5) is 0 Å². The first-order chi connectivity index (χ1) is 18.2. The molecular formula is C39H55. The standard InChI is InChI=1S/C39H55/c1-37(2,3)34-23-17-30(18-24-34)13-10-11-14-32(29-33-21-27-36(28-22-33)39(7,8)9)16-12-15-31-19-25-35(26-20-31)38(4,5)6/h14,17-28,32H,10-13,15-16,29H2,1-9H3. The van der Waals surface area contributed by atoms with Crippen molar-refractivity contribution in [2.75, 3.05) is 0 Å². The van der Waals surface area contributed by atoms with E-state index in [2.05, 4.69) is 142 Å². The van der Waals surface area contributed by atoms with Crippen molar-refractivity contribution in [1.29, 1.82) is 0 Å². The zero-order valence-corrected chi connectivity index (χ0v) is 26.5. The van der Waals surface area contributed by atoms with Crippen molar-refractivity contribution in [1.82, 2.24) is 0 Å². The molecular weight excluding hydrogens is 468 g/mol. The highest BCUT2D eigenvalue weighted by Gasteiger charge is 2.16. The first-order valence-corrected chi connectivity index (χ1v) is 15.3. The molecule has 211 valence electrons. The Labute approximate surface area is 241 Å². The fraction of sp³-hybridized carbons (Fsp3) is 0.513. The van der Waals surface area contributed by atoms with Crippen LogP contribution in [0, 0.1) is 12.3 Å². The Hall–Kier alpha value is -2.34. The molecule has 0 fully saturated rings. The van der Waals surface area contributed by atoms with E-state index in [1.165, 1.54) is 59.1 Å². The van der Waals surface area contributed by atoms with E-state index in [-0.39, 0.29) is 16.2 Å². The Kier molecular flexibility index (Phi) is 10.7. The smallest absolute Gasteiger partial charge is 0.0132 e. The Morgan fingerprint density at radius 3 is 1.23 bits per heavy atom. The first kappa shape index (κ1) is 31.2. The lowest BCUT2D eigenvalue weighted by atomic mass is 9.84. The van der Waals surface area contributed by atoms with Crippen LogP contribution in [0.25, 0.3) is 0 Å². The van der Waals surface area contributed by atoms with Gasteiger partial charge in [0.05, 0.1) is 0 Å². The maximum atomic E-state index is 2.63. The molecule has 0 saturated heterocycles. The van der Waals surface area contributed by atoms with E-state index in [0.717, 1.165) is 19.3 Å². The van der Waals surface area contributed by atoms with E-state index in [4.69, 9.17) is 0 Å². The molecule has 1 atom stereocenters. The molecule has 3 rings (SSSR count). The minimum absolute atomic E-state index is 0.206. The topological polar surface area (TPSA) is 0 Å². The van der Waals surface area contributed by atoms with Gasteiger partial charge < -0.3 is 0 Å². The summed E-state index contributed by atoms with van der Waals surface area (Å²) in [5.41, 5.74) is 9.30. The highest BCUT2D eigenvalue weighted by atomic mass is 14.2. The SMILES string of the molecule is CC(C)(C)c1ccc(CCC[CH]C(CCCc2ccc(C(C)(C)C)cc2)Cc2ccc(C(C)(C)C)cc2)cc1. The summed E-state index contributed by atoms with van der Waals surface area (Å²) < 4.78 is 0. The third-order valence-electron chi connectivity index (χ3n) is 8.17. The third kappa shape index (κ3) is 10.3. The number of hydrogen-bond donors (Lipinski definition) is 0. The van der Waals surface area contributed by atoms with Crippen molar-refractivity contribution < 1.29 is 0 Å². The minimum atomic E-state index is 0.206. The van der Waals surface area contributed by atoms with Crippen LogP contribution in [0.1, 0.15) is 121 Å². The average molecular weight is 524 g/mol. The predicted octanol–water partition coefficient (Wildman–Crippen LogP) is 11.0. The molecule has 0 nitrogen and oxygen atoms in total. The van der Waals surface area contributed by atoms with Gasteiger partial charge in [0, 0.05) is 0 Å². The van der Waals surface area contributed by atoms with Gasteiger partial charge in [-0.15, -0.1) is 0 Å². The van der Waals surface area contributed by atoms with Gasteiger partial charge in [-0.05, 0) is 107 Å². The van der Waals surface area contributed by atoms with E-state index in [0.29, 0.717) is 5.92 Å². The van der Waals surface area contributed by atoms with Crippen LogP contribution in [0.15, 0.2) is 72.8 Å². The van der Waals surface area contributed by atoms with Crippen LogP contribution in [0.3, 0.4) is 0 Å². The number of hydrogen-bond acceptors (Lipinski definition) is 0. The van der Waals surface area contributed by atoms with Crippen LogP contribution in [0.2, 0.25) is 0 Å². The molecule has 0 amide bonds. The van der Waals surface area contributed by atoms with Crippen molar-refractivity contribution in [3.63, 3.8) is 0 Å². The molecule has 0 saturated carbocycles. The monoisotopic (exact) mass is 523 g/mol. The van der Waals surface area contributed by atoms with Crippen LogP contribution < -0.4 is 0 Å². The summed E-state index contributed by atoms with van der Waals surface area (Å²) in [6.45, 7) is 20.6.